The van der Waals surface area contributed by atoms with Crippen LogP contribution in [0.15, 0.2) is 0 Å². The smallest absolute Gasteiger partial charge is 0.246 e. The molecule has 0 radical (unpaired) electrons. The lowest BCUT2D eigenvalue weighted by Gasteiger charge is -2.19. The van der Waals surface area contributed by atoms with E-state index < -0.39 is 0 Å². The Labute approximate surface area is 98.8 Å². The molecule has 0 aliphatic carbocycles. The average molecular weight is 390 g/mol. The van der Waals surface area contributed by atoms with Crippen LogP contribution in [0.25, 0.3) is 0 Å². The summed E-state index contributed by atoms with van der Waals surface area (Å²) in [5.41, 5.74) is 0. The van der Waals surface area contributed by atoms with E-state index in [0.717, 1.165) is 19.4 Å². The number of hydrogen-bond acceptors (Lipinski definition) is 2. The molecule has 1 fully saturated rings. The van der Waals surface area contributed by atoms with Gasteiger partial charge in [-0.2, -0.15) is 5.26 Å². The van der Waals surface area contributed by atoms with E-state index >= 15 is 0 Å². The molecule has 3 nitrogen and oxygen atoms in total. The SMILES string of the molecule is N#C[C@@H]1CCCN1C(=O)C(I)I. The van der Waals surface area contributed by atoms with Gasteiger partial charge in [-0.25, -0.2) is 0 Å². The quantitative estimate of drug-likeness (QED) is 0.506. The predicted molar refractivity (Wildman–Crippen MR) is 62.2 cm³/mol. The van der Waals surface area contributed by atoms with Crippen molar-refractivity contribution in [3.8, 4) is 6.07 Å². The van der Waals surface area contributed by atoms with Crippen LogP contribution < -0.4 is 0 Å². The molecule has 0 saturated carbocycles. The minimum absolute atomic E-state index is 0.0471. The summed E-state index contributed by atoms with van der Waals surface area (Å²) in [7, 11) is 0. The van der Waals surface area contributed by atoms with Gasteiger partial charge in [0.15, 0.2) is 0 Å². The lowest BCUT2D eigenvalue weighted by Crippen LogP contribution is -2.37. The van der Waals surface area contributed by atoms with Gasteiger partial charge in [-0.05, 0) is 12.8 Å². The highest BCUT2D eigenvalue weighted by atomic mass is 127. The van der Waals surface area contributed by atoms with E-state index in [1.165, 1.54) is 0 Å². The molecule has 1 heterocycles. The molecular weight excluding hydrogens is 382 g/mol. The fourth-order valence-corrected chi connectivity index (χ4v) is 2.01. The number of amides is 1. The molecule has 0 aromatic carbocycles. The normalized spacial score (nSPS) is 22.8. The lowest BCUT2D eigenvalue weighted by atomic mass is 10.2. The summed E-state index contributed by atoms with van der Waals surface area (Å²) >= 11 is 4.14. The first kappa shape index (κ1) is 10.5. The molecule has 1 amide bonds. The first-order chi connectivity index (χ1) is 5.66. The summed E-state index contributed by atoms with van der Waals surface area (Å²) in [6.45, 7) is 0.750. The van der Waals surface area contributed by atoms with Crippen molar-refractivity contribution < 1.29 is 4.79 Å². The van der Waals surface area contributed by atoms with E-state index in [9.17, 15) is 4.79 Å². The number of hydrogen-bond donors (Lipinski definition) is 0. The number of nitrogens with zero attached hydrogens (tertiary/aromatic N) is 2. The van der Waals surface area contributed by atoms with Gasteiger partial charge in [0.1, 0.15) is 7.97 Å². The van der Waals surface area contributed by atoms with Crippen molar-refractivity contribution in [2.75, 3.05) is 6.54 Å². The Bertz CT molecular complexity index is 224. The molecule has 0 aromatic rings. The van der Waals surface area contributed by atoms with Crippen molar-refractivity contribution in [3.63, 3.8) is 0 Å². The van der Waals surface area contributed by atoms with Crippen LogP contribution in [0.5, 0.6) is 0 Å². The van der Waals surface area contributed by atoms with Gasteiger partial charge in [0.05, 0.1) is 6.07 Å². The predicted octanol–water partition coefficient (Wildman–Crippen LogP) is 1.70. The number of likely N-dealkylation sites (tertiary alicyclic amines) is 1. The van der Waals surface area contributed by atoms with Gasteiger partial charge in [-0.1, -0.05) is 45.2 Å². The molecular formula is C7H8I2N2O. The topological polar surface area (TPSA) is 44.1 Å². The van der Waals surface area contributed by atoms with Gasteiger partial charge in [0, 0.05) is 6.54 Å². The maximum absolute atomic E-state index is 11.5. The van der Waals surface area contributed by atoms with Crippen LogP contribution in [0.2, 0.25) is 0 Å². The molecule has 1 aliphatic rings. The monoisotopic (exact) mass is 390 g/mol. The molecule has 0 aromatic heterocycles. The van der Waals surface area contributed by atoms with Crippen LogP contribution in [-0.2, 0) is 4.79 Å². The first-order valence-corrected chi connectivity index (χ1v) is 6.14. The maximum atomic E-state index is 11.5. The zero-order valence-electron chi connectivity index (χ0n) is 6.33. The summed E-state index contributed by atoms with van der Waals surface area (Å²) in [6, 6.07) is 1.97. The van der Waals surface area contributed by atoms with E-state index in [1.54, 1.807) is 4.90 Å². The number of carbonyl (C=O) groups is 1. The standard InChI is InChI=1S/C7H8I2N2O/c8-6(9)7(12)11-3-1-2-5(11)4-10/h5-6H,1-3H2/t5-/m0/s1. The summed E-state index contributed by atoms with van der Waals surface area (Å²) in [6.07, 6.45) is 1.80. The average Bonchev–Trinajstić information content (AvgIpc) is 2.49. The largest absolute Gasteiger partial charge is 0.325 e. The molecule has 66 valence electrons. The van der Waals surface area contributed by atoms with Crippen LogP contribution in [0, 0.1) is 11.3 Å². The fourth-order valence-electron chi connectivity index (χ4n) is 1.29. The third kappa shape index (κ3) is 2.22. The molecule has 0 bridgehead atoms. The maximum Gasteiger partial charge on any atom is 0.246 e. The second-order valence-electron chi connectivity index (χ2n) is 2.62. The van der Waals surface area contributed by atoms with Crippen LogP contribution >= 0.6 is 45.2 Å². The van der Waals surface area contributed by atoms with Gasteiger partial charge in [0.2, 0.25) is 5.91 Å². The summed E-state index contributed by atoms with van der Waals surface area (Å²) in [5.74, 6) is 0.0836. The summed E-state index contributed by atoms with van der Waals surface area (Å²) < 4.78 is -0.0471. The molecule has 0 N–H and O–H groups in total. The minimum atomic E-state index is -0.176. The Morgan fingerprint density at radius 2 is 2.33 bits per heavy atom. The minimum Gasteiger partial charge on any atom is -0.325 e. The van der Waals surface area contributed by atoms with E-state index in [2.05, 4.69) is 51.3 Å². The zero-order valence-corrected chi connectivity index (χ0v) is 10.6. The Kier molecular flexibility index (Phi) is 4.02. The van der Waals surface area contributed by atoms with E-state index in [0.29, 0.717) is 0 Å². The molecule has 5 heteroatoms. The van der Waals surface area contributed by atoms with E-state index in [-0.39, 0.29) is 13.9 Å². The first-order valence-electron chi connectivity index (χ1n) is 3.65. The van der Waals surface area contributed by atoms with Crippen molar-refractivity contribution in [1.82, 2.24) is 4.90 Å². The number of halogens is 2. The van der Waals surface area contributed by atoms with Crippen molar-refractivity contribution in [2.24, 2.45) is 0 Å². The highest BCUT2D eigenvalue weighted by Gasteiger charge is 2.30. The van der Waals surface area contributed by atoms with Gasteiger partial charge in [-0.3, -0.25) is 4.79 Å². The third-order valence-corrected chi connectivity index (χ3v) is 2.94. The van der Waals surface area contributed by atoms with E-state index in [1.807, 2.05) is 0 Å². The zero-order chi connectivity index (χ0) is 9.14. The molecule has 0 unspecified atom stereocenters. The van der Waals surface area contributed by atoms with Crippen LogP contribution in [0.3, 0.4) is 0 Å². The van der Waals surface area contributed by atoms with Crippen LogP contribution in [0.4, 0.5) is 0 Å². The van der Waals surface area contributed by atoms with Gasteiger partial charge in [0.25, 0.3) is 0 Å². The summed E-state index contributed by atoms with van der Waals surface area (Å²) in [5, 5.41) is 8.72. The molecule has 1 atom stereocenters. The third-order valence-electron chi connectivity index (χ3n) is 1.87. The number of nitriles is 1. The van der Waals surface area contributed by atoms with Gasteiger partial charge < -0.3 is 4.90 Å². The second-order valence-corrected chi connectivity index (χ2v) is 7.49. The Morgan fingerprint density at radius 1 is 1.67 bits per heavy atom. The van der Waals surface area contributed by atoms with Crippen molar-refractivity contribution in [3.05, 3.63) is 0 Å². The van der Waals surface area contributed by atoms with Gasteiger partial charge in [-0.15, -0.1) is 0 Å². The van der Waals surface area contributed by atoms with Crippen LogP contribution in [-0.4, -0.2) is 25.3 Å². The number of alkyl halides is 2. The van der Waals surface area contributed by atoms with Crippen LogP contribution in [0.1, 0.15) is 12.8 Å². The highest BCUT2D eigenvalue weighted by molar-refractivity contribution is 14.2. The molecule has 1 saturated heterocycles. The number of rotatable bonds is 1. The Hall–Kier alpha value is 0.420. The van der Waals surface area contributed by atoms with Crippen molar-refractivity contribution >= 4 is 51.1 Å². The lowest BCUT2D eigenvalue weighted by molar-refractivity contribution is -0.128. The van der Waals surface area contributed by atoms with E-state index in [4.69, 9.17) is 5.26 Å². The Balaban J connectivity index is 2.63. The van der Waals surface area contributed by atoms with Gasteiger partial charge >= 0.3 is 0 Å². The molecule has 1 rings (SSSR count). The fraction of sp³-hybridized carbons (Fsp3) is 0.714. The molecule has 0 spiro atoms. The molecule has 1 aliphatic heterocycles. The number of carbonyl (C=O) groups excluding carboxylic acids is 1. The van der Waals surface area contributed by atoms with Crippen molar-refractivity contribution in [1.29, 1.82) is 5.26 Å². The molecule has 12 heavy (non-hydrogen) atoms. The second kappa shape index (κ2) is 4.60. The van der Waals surface area contributed by atoms with Crippen molar-refractivity contribution in [2.45, 2.75) is 20.8 Å². The summed E-state index contributed by atoms with van der Waals surface area (Å²) in [4.78, 5) is 13.2. The Morgan fingerprint density at radius 3 is 2.83 bits per heavy atom. The highest BCUT2D eigenvalue weighted by Crippen LogP contribution is 2.22.